The van der Waals surface area contributed by atoms with E-state index in [9.17, 15) is 18.3 Å². The summed E-state index contributed by atoms with van der Waals surface area (Å²) in [5, 5.41) is 12.3. The molecule has 1 aromatic rings. The molecule has 1 aliphatic rings. The van der Waals surface area contributed by atoms with Crippen molar-refractivity contribution in [1.29, 1.82) is 0 Å². The number of amides is 1. The standard InChI is InChI=1S/C19H30N2O4S/c1-19(2,3)14-9-11-16(12-10-14)26(24,25)21-17(13-22)18(23)20-15-7-5-4-6-8-15/h9-12,15,17,21-22H,4-8,13H2,1-3H3,(H,20,23)/t17-/m0/s1. The average molecular weight is 383 g/mol. The SMILES string of the molecule is CC(C)(C)c1ccc(S(=O)(=O)N[C@@H](CO)C(=O)NC2CCCCC2)cc1. The van der Waals surface area contributed by atoms with E-state index in [2.05, 4.69) is 10.0 Å². The van der Waals surface area contributed by atoms with Crippen molar-refractivity contribution in [3.63, 3.8) is 0 Å². The van der Waals surface area contributed by atoms with Crippen molar-refractivity contribution < 1.29 is 18.3 Å². The van der Waals surface area contributed by atoms with Gasteiger partial charge in [-0.2, -0.15) is 4.72 Å². The van der Waals surface area contributed by atoms with Crippen molar-refractivity contribution in [3.05, 3.63) is 29.8 Å². The summed E-state index contributed by atoms with van der Waals surface area (Å²) in [6.07, 6.45) is 5.06. The molecule has 0 spiro atoms. The van der Waals surface area contributed by atoms with Gasteiger partial charge in [-0.3, -0.25) is 4.79 Å². The van der Waals surface area contributed by atoms with E-state index >= 15 is 0 Å². The third-order valence-electron chi connectivity index (χ3n) is 4.78. The summed E-state index contributed by atoms with van der Waals surface area (Å²) in [6, 6.07) is 5.45. The molecule has 0 aliphatic heterocycles. The van der Waals surface area contributed by atoms with Gasteiger partial charge in [0.25, 0.3) is 0 Å². The van der Waals surface area contributed by atoms with Crippen LogP contribution in [0.5, 0.6) is 0 Å². The van der Waals surface area contributed by atoms with Gasteiger partial charge < -0.3 is 10.4 Å². The number of aliphatic hydroxyl groups excluding tert-OH is 1. The summed E-state index contributed by atoms with van der Waals surface area (Å²) in [5.74, 6) is -0.478. The maximum Gasteiger partial charge on any atom is 0.241 e. The minimum absolute atomic E-state index is 0.0564. The Bertz CT molecular complexity index is 702. The number of hydrogen-bond donors (Lipinski definition) is 3. The van der Waals surface area contributed by atoms with Crippen LogP contribution >= 0.6 is 0 Å². The maximum absolute atomic E-state index is 12.6. The van der Waals surface area contributed by atoms with Gasteiger partial charge in [0.1, 0.15) is 6.04 Å². The second kappa shape index (κ2) is 8.50. The lowest BCUT2D eigenvalue weighted by atomic mass is 9.87. The fourth-order valence-corrected chi connectivity index (χ4v) is 4.30. The molecule has 0 unspecified atom stereocenters. The molecule has 1 fully saturated rings. The smallest absolute Gasteiger partial charge is 0.241 e. The van der Waals surface area contributed by atoms with E-state index in [0.717, 1.165) is 37.7 Å². The molecule has 1 aliphatic carbocycles. The Morgan fingerprint density at radius 2 is 1.73 bits per heavy atom. The Morgan fingerprint density at radius 3 is 2.23 bits per heavy atom. The normalized spacial score (nSPS) is 17.7. The van der Waals surface area contributed by atoms with Gasteiger partial charge in [0, 0.05) is 6.04 Å². The van der Waals surface area contributed by atoms with E-state index in [1.807, 2.05) is 20.8 Å². The van der Waals surface area contributed by atoms with Gasteiger partial charge >= 0.3 is 0 Å². The quantitative estimate of drug-likeness (QED) is 0.702. The lowest BCUT2D eigenvalue weighted by molar-refractivity contribution is -0.124. The molecule has 0 radical (unpaired) electrons. The van der Waals surface area contributed by atoms with Crippen LogP contribution in [0.4, 0.5) is 0 Å². The van der Waals surface area contributed by atoms with Crippen molar-refractivity contribution in [2.75, 3.05) is 6.61 Å². The van der Waals surface area contributed by atoms with Crippen molar-refractivity contribution in [3.8, 4) is 0 Å². The van der Waals surface area contributed by atoms with Crippen molar-refractivity contribution in [2.45, 2.75) is 75.3 Å². The second-order valence-corrected chi connectivity index (χ2v) is 9.69. The molecule has 6 nitrogen and oxygen atoms in total. The van der Waals surface area contributed by atoms with Gasteiger partial charge in [0.2, 0.25) is 15.9 Å². The van der Waals surface area contributed by atoms with E-state index in [1.165, 1.54) is 12.1 Å². The molecule has 0 aromatic heterocycles. The van der Waals surface area contributed by atoms with Crippen LogP contribution in [0.3, 0.4) is 0 Å². The minimum atomic E-state index is -3.89. The largest absolute Gasteiger partial charge is 0.394 e. The summed E-state index contributed by atoms with van der Waals surface area (Å²) in [6.45, 7) is 5.56. The van der Waals surface area contributed by atoms with E-state index in [-0.39, 0.29) is 16.4 Å². The van der Waals surface area contributed by atoms with Crippen molar-refractivity contribution in [1.82, 2.24) is 10.0 Å². The molecule has 0 heterocycles. The summed E-state index contributed by atoms with van der Waals surface area (Å²) in [4.78, 5) is 12.4. The fraction of sp³-hybridized carbons (Fsp3) is 0.632. The van der Waals surface area contributed by atoms with E-state index < -0.39 is 28.6 Å². The van der Waals surface area contributed by atoms with Gasteiger partial charge in [-0.1, -0.05) is 52.2 Å². The van der Waals surface area contributed by atoms with Crippen LogP contribution in [-0.4, -0.2) is 38.1 Å². The van der Waals surface area contributed by atoms with Gasteiger partial charge in [0.15, 0.2) is 0 Å². The Labute approximate surface area is 156 Å². The van der Waals surface area contributed by atoms with Crippen LogP contribution in [-0.2, 0) is 20.2 Å². The summed E-state index contributed by atoms with van der Waals surface area (Å²) in [7, 11) is -3.89. The number of aliphatic hydroxyl groups is 1. The zero-order chi connectivity index (χ0) is 19.4. The molecule has 2 rings (SSSR count). The Balaban J connectivity index is 2.06. The van der Waals surface area contributed by atoms with Crippen molar-refractivity contribution in [2.24, 2.45) is 0 Å². The third-order valence-corrected chi connectivity index (χ3v) is 6.27. The summed E-state index contributed by atoms with van der Waals surface area (Å²) in [5.41, 5.74) is 0.939. The van der Waals surface area contributed by atoms with Crippen LogP contribution < -0.4 is 10.0 Å². The number of nitrogens with one attached hydrogen (secondary N) is 2. The average Bonchev–Trinajstić information content (AvgIpc) is 2.60. The van der Waals surface area contributed by atoms with E-state index in [1.54, 1.807) is 12.1 Å². The highest BCUT2D eigenvalue weighted by Gasteiger charge is 2.27. The van der Waals surface area contributed by atoms with E-state index in [0.29, 0.717) is 0 Å². The predicted octanol–water partition coefficient (Wildman–Crippen LogP) is 2.07. The first-order chi connectivity index (χ1) is 12.1. The van der Waals surface area contributed by atoms with Crippen LogP contribution in [0.25, 0.3) is 0 Å². The molecular weight excluding hydrogens is 352 g/mol. The Morgan fingerprint density at radius 1 is 1.15 bits per heavy atom. The molecule has 0 saturated heterocycles. The van der Waals surface area contributed by atoms with Gasteiger partial charge in [-0.05, 0) is 36.0 Å². The minimum Gasteiger partial charge on any atom is -0.394 e. The highest BCUT2D eigenvalue weighted by Crippen LogP contribution is 2.23. The number of rotatable bonds is 6. The maximum atomic E-state index is 12.6. The molecule has 0 bridgehead atoms. The fourth-order valence-electron chi connectivity index (χ4n) is 3.11. The van der Waals surface area contributed by atoms with E-state index in [4.69, 9.17) is 0 Å². The highest BCUT2D eigenvalue weighted by atomic mass is 32.2. The Hall–Kier alpha value is -1.44. The number of carbonyl (C=O) groups excluding carboxylic acids is 1. The molecular formula is C19H30N2O4S. The molecule has 1 atom stereocenters. The first-order valence-electron chi connectivity index (χ1n) is 9.17. The van der Waals surface area contributed by atoms with Gasteiger partial charge in [0.05, 0.1) is 11.5 Å². The predicted molar refractivity (Wildman–Crippen MR) is 101 cm³/mol. The molecule has 146 valence electrons. The Kier molecular flexibility index (Phi) is 6.82. The summed E-state index contributed by atoms with van der Waals surface area (Å²) < 4.78 is 27.4. The molecule has 3 N–H and O–H groups in total. The molecule has 7 heteroatoms. The topological polar surface area (TPSA) is 95.5 Å². The van der Waals surface area contributed by atoms with Crippen molar-refractivity contribution >= 4 is 15.9 Å². The number of sulfonamides is 1. The van der Waals surface area contributed by atoms with Crippen LogP contribution in [0, 0.1) is 0 Å². The van der Waals surface area contributed by atoms with Gasteiger partial charge in [-0.15, -0.1) is 0 Å². The third kappa shape index (κ3) is 5.53. The number of carbonyl (C=O) groups is 1. The van der Waals surface area contributed by atoms with Crippen LogP contribution in [0.15, 0.2) is 29.2 Å². The van der Waals surface area contributed by atoms with Crippen LogP contribution in [0.1, 0.15) is 58.4 Å². The van der Waals surface area contributed by atoms with Gasteiger partial charge in [-0.25, -0.2) is 8.42 Å². The molecule has 1 saturated carbocycles. The highest BCUT2D eigenvalue weighted by molar-refractivity contribution is 7.89. The summed E-state index contributed by atoms with van der Waals surface area (Å²) >= 11 is 0. The lowest BCUT2D eigenvalue weighted by Gasteiger charge is -2.25. The molecule has 26 heavy (non-hydrogen) atoms. The number of benzene rings is 1. The first kappa shape index (κ1) is 20.9. The lowest BCUT2D eigenvalue weighted by Crippen LogP contribution is -2.51. The first-order valence-corrected chi connectivity index (χ1v) is 10.7. The molecule has 1 amide bonds. The zero-order valence-corrected chi connectivity index (χ0v) is 16.6. The zero-order valence-electron chi connectivity index (χ0n) is 15.8. The monoisotopic (exact) mass is 382 g/mol. The number of hydrogen-bond acceptors (Lipinski definition) is 4. The molecule has 1 aromatic carbocycles. The van der Waals surface area contributed by atoms with Crippen LogP contribution in [0.2, 0.25) is 0 Å². The second-order valence-electron chi connectivity index (χ2n) is 7.97.